The minimum absolute atomic E-state index is 0.686. The number of ether oxygens (including phenoxy) is 1. The van der Waals surface area contributed by atoms with Crippen molar-refractivity contribution in [2.24, 2.45) is 5.73 Å². The summed E-state index contributed by atoms with van der Waals surface area (Å²) in [4.78, 5) is 0. The quantitative estimate of drug-likeness (QED) is 0.820. The fourth-order valence-corrected chi connectivity index (χ4v) is 1.54. The van der Waals surface area contributed by atoms with Crippen LogP contribution < -0.4 is 10.5 Å². The molecule has 0 fully saturated rings. The number of aryl methyl sites for hydroxylation is 1. The highest BCUT2D eigenvalue weighted by Gasteiger charge is 2.04. The Labute approximate surface area is 91.7 Å². The van der Waals surface area contributed by atoms with Crippen molar-refractivity contribution in [1.82, 2.24) is 0 Å². The maximum atomic E-state index is 5.48. The predicted octanol–water partition coefficient (Wildman–Crippen LogP) is 2.76. The van der Waals surface area contributed by atoms with Gasteiger partial charge in [0.15, 0.2) is 0 Å². The molecule has 2 nitrogen and oxygen atoms in total. The van der Waals surface area contributed by atoms with Gasteiger partial charge in [0.1, 0.15) is 5.75 Å². The standard InChI is InChI=1S/C13H19NO/c1-10-6-7-13(15-3)12(9-10)11(2)5-4-8-14/h5-7,9H,4,8,14H2,1-3H3. The zero-order valence-electron chi connectivity index (χ0n) is 9.71. The van der Waals surface area contributed by atoms with Gasteiger partial charge in [-0.3, -0.25) is 0 Å². The SMILES string of the molecule is COc1ccc(C)cc1C(C)=CCCN. The molecular weight excluding hydrogens is 186 g/mol. The van der Waals surface area contributed by atoms with E-state index in [1.54, 1.807) is 7.11 Å². The maximum absolute atomic E-state index is 5.48. The molecule has 0 atom stereocenters. The maximum Gasteiger partial charge on any atom is 0.126 e. The van der Waals surface area contributed by atoms with E-state index in [1.807, 2.05) is 6.07 Å². The van der Waals surface area contributed by atoms with Crippen LogP contribution >= 0.6 is 0 Å². The van der Waals surface area contributed by atoms with E-state index in [-0.39, 0.29) is 0 Å². The van der Waals surface area contributed by atoms with E-state index in [2.05, 4.69) is 32.1 Å². The van der Waals surface area contributed by atoms with E-state index in [0.29, 0.717) is 6.54 Å². The summed E-state index contributed by atoms with van der Waals surface area (Å²) in [7, 11) is 1.70. The highest BCUT2D eigenvalue weighted by Crippen LogP contribution is 2.26. The molecule has 1 rings (SSSR count). The predicted molar refractivity (Wildman–Crippen MR) is 65.1 cm³/mol. The average molecular weight is 205 g/mol. The van der Waals surface area contributed by atoms with Gasteiger partial charge in [0, 0.05) is 5.56 Å². The molecule has 0 heterocycles. The smallest absolute Gasteiger partial charge is 0.126 e. The third-order valence-electron chi connectivity index (χ3n) is 2.40. The van der Waals surface area contributed by atoms with Gasteiger partial charge >= 0.3 is 0 Å². The summed E-state index contributed by atoms with van der Waals surface area (Å²) >= 11 is 0. The van der Waals surface area contributed by atoms with Crippen molar-refractivity contribution in [1.29, 1.82) is 0 Å². The second-order valence-corrected chi connectivity index (χ2v) is 3.67. The van der Waals surface area contributed by atoms with Crippen LogP contribution in [0.3, 0.4) is 0 Å². The largest absolute Gasteiger partial charge is 0.496 e. The molecule has 0 saturated heterocycles. The van der Waals surface area contributed by atoms with Crippen LogP contribution in [0, 0.1) is 6.92 Å². The van der Waals surface area contributed by atoms with Crippen molar-refractivity contribution in [2.45, 2.75) is 20.3 Å². The van der Waals surface area contributed by atoms with Gasteiger partial charge in [-0.25, -0.2) is 0 Å². The molecule has 0 radical (unpaired) electrons. The van der Waals surface area contributed by atoms with E-state index in [4.69, 9.17) is 10.5 Å². The minimum Gasteiger partial charge on any atom is -0.496 e. The van der Waals surface area contributed by atoms with Gasteiger partial charge in [-0.15, -0.1) is 0 Å². The van der Waals surface area contributed by atoms with Gasteiger partial charge in [-0.1, -0.05) is 17.7 Å². The molecule has 0 aliphatic rings. The number of rotatable bonds is 4. The fraction of sp³-hybridized carbons (Fsp3) is 0.385. The molecule has 1 aromatic rings. The third-order valence-corrected chi connectivity index (χ3v) is 2.40. The van der Waals surface area contributed by atoms with Crippen LogP contribution in [0.15, 0.2) is 24.3 Å². The summed E-state index contributed by atoms with van der Waals surface area (Å²) in [5.74, 6) is 0.923. The molecule has 0 spiro atoms. The number of methoxy groups -OCH3 is 1. The van der Waals surface area contributed by atoms with Gasteiger partial charge in [0.2, 0.25) is 0 Å². The summed E-state index contributed by atoms with van der Waals surface area (Å²) < 4.78 is 5.33. The number of allylic oxidation sites excluding steroid dienone is 1. The molecule has 0 amide bonds. The van der Waals surface area contributed by atoms with E-state index in [0.717, 1.165) is 17.7 Å². The lowest BCUT2D eigenvalue weighted by Gasteiger charge is -2.09. The Kier molecular flexibility index (Phi) is 4.37. The van der Waals surface area contributed by atoms with Crippen LogP contribution in [0.4, 0.5) is 0 Å². The summed E-state index contributed by atoms with van der Waals surface area (Å²) in [5, 5.41) is 0. The molecule has 82 valence electrons. The van der Waals surface area contributed by atoms with E-state index in [1.165, 1.54) is 11.1 Å². The Morgan fingerprint density at radius 2 is 2.20 bits per heavy atom. The summed E-state index contributed by atoms with van der Waals surface area (Å²) in [6.07, 6.45) is 3.06. The van der Waals surface area contributed by atoms with Crippen LogP contribution in [0.1, 0.15) is 24.5 Å². The molecule has 0 aliphatic heterocycles. The molecule has 2 N–H and O–H groups in total. The van der Waals surface area contributed by atoms with Crippen molar-refractivity contribution in [3.8, 4) is 5.75 Å². The second kappa shape index (κ2) is 5.56. The highest BCUT2D eigenvalue weighted by atomic mass is 16.5. The molecule has 0 unspecified atom stereocenters. The number of hydrogen-bond donors (Lipinski definition) is 1. The number of nitrogens with two attached hydrogens (primary N) is 1. The molecule has 15 heavy (non-hydrogen) atoms. The lowest BCUT2D eigenvalue weighted by Crippen LogP contribution is -1.96. The highest BCUT2D eigenvalue weighted by molar-refractivity contribution is 5.69. The first-order valence-corrected chi connectivity index (χ1v) is 5.21. The normalized spacial score (nSPS) is 11.6. The Balaban J connectivity index is 3.05. The third kappa shape index (κ3) is 3.10. The minimum atomic E-state index is 0.686. The summed E-state index contributed by atoms with van der Waals surface area (Å²) in [6.45, 7) is 4.86. The molecule has 0 aromatic heterocycles. The van der Waals surface area contributed by atoms with Gasteiger partial charge in [-0.2, -0.15) is 0 Å². The zero-order chi connectivity index (χ0) is 11.3. The van der Waals surface area contributed by atoms with Crippen LogP contribution in [0.5, 0.6) is 5.75 Å². The second-order valence-electron chi connectivity index (χ2n) is 3.67. The first kappa shape index (κ1) is 11.8. The lowest BCUT2D eigenvalue weighted by atomic mass is 10.0. The first-order chi connectivity index (χ1) is 7.19. The summed E-state index contributed by atoms with van der Waals surface area (Å²) in [5.41, 5.74) is 9.10. The van der Waals surface area contributed by atoms with Crippen molar-refractivity contribution in [2.75, 3.05) is 13.7 Å². The molecule has 0 aliphatic carbocycles. The monoisotopic (exact) mass is 205 g/mol. The van der Waals surface area contributed by atoms with E-state index in [9.17, 15) is 0 Å². The van der Waals surface area contributed by atoms with Gasteiger partial charge < -0.3 is 10.5 Å². The Bertz CT molecular complexity index is 356. The number of hydrogen-bond acceptors (Lipinski definition) is 2. The van der Waals surface area contributed by atoms with Crippen molar-refractivity contribution in [3.05, 3.63) is 35.4 Å². The van der Waals surface area contributed by atoms with E-state index < -0.39 is 0 Å². The fourth-order valence-electron chi connectivity index (χ4n) is 1.54. The molecule has 2 heteroatoms. The van der Waals surface area contributed by atoms with Crippen LogP contribution in [0.2, 0.25) is 0 Å². The van der Waals surface area contributed by atoms with Crippen molar-refractivity contribution in [3.63, 3.8) is 0 Å². The lowest BCUT2D eigenvalue weighted by molar-refractivity contribution is 0.413. The van der Waals surface area contributed by atoms with Gasteiger partial charge in [-0.05, 0) is 44.5 Å². The Hall–Kier alpha value is -1.28. The topological polar surface area (TPSA) is 35.2 Å². The Morgan fingerprint density at radius 1 is 1.47 bits per heavy atom. The summed E-state index contributed by atoms with van der Waals surface area (Å²) in [6, 6.07) is 6.20. The molecule has 0 saturated carbocycles. The molecule has 1 aromatic carbocycles. The van der Waals surface area contributed by atoms with E-state index >= 15 is 0 Å². The van der Waals surface area contributed by atoms with Crippen LogP contribution in [-0.2, 0) is 0 Å². The van der Waals surface area contributed by atoms with Gasteiger partial charge in [0.25, 0.3) is 0 Å². The Morgan fingerprint density at radius 3 is 2.80 bits per heavy atom. The van der Waals surface area contributed by atoms with Crippen molar-refractivity contribution < 1.29 is 4.74 Å². The van der Waals surface area contributed by atoms with Crippen LogP contribution in [-0.4, -0.2) is 13.7 Å². The van der Waals surface area contributed by atoms with Crippen LogP contribution in [0.25, 0.3) is 5.57 Å². The van der Waals surface area contributed by atoms with Crippen molar-refractivity contribution >= 4 is 5.57 Å². The first-order valence-electron chi connectivity index (χ1n) is 5.21. The van der Waals surface area contributed by atoms with Gasteiger partial charge in [0.05, 0.1) is 7.11 Å². The molecule has 0 bridgehead atoms. The zero-order valence-corrected chi connectivity index (χ0v) is 9.71. The number of benzene rings is 1. The molecular formula is C13H19NO. The average Bonchev–Trinajstić information content (AvgIpc) is 2.25.